The predicted octanol–water partition coefficient (Wildman–Crippen LogP) is 1.84. The van der Waals surface area contributed by atoms with E-state index in [1.807, 2.05) is 0 Å². The number of hydrogen-bond donors (Lipinski definition) is 2. The molecule has 1 aromatic heterocycles. The molecule has 2 rings (SSSR count). The van der Waals surface area contributed by atoms with Crippen molar-refractivity contribution in [2.24, 2.45) is 5.73 Å². The Morgan fingerprint density at radius 1 is 1.22 bits per heavy atom. The molecule has 0 unspecified atom stereocenters. The van der Waals surface area contributed by atoms with E-state index in [-0.39, 0.29) is 17.1 Å². The SMILES string of the molecule is NC(=O)[C@H](Cc1ccc(Cl)nc1)NC(=O)c1ccc(F)c(F)c1. The van der Waals surface area contributed by atoms with Gasteiger partial charge >= 0.3 is 0 Å². The Balaban J connectivity index is 2.12. The van der Waals surface area contributed by atoms with E-state index in [9.17, 15) is 18.4 Å². The lowest BCUT2D eigenvalue weighted by Gasteiger charge is -2.15. The molecular weight excluding hydrogens is 328 g/mol. The maximum atomic E-state index is 13.2. The molecule has 0 aliphatic carbocycles. The molecule has 0 saturated carbocycles. The maximum absolute atomic E-state index is 13.2. The summed E-state index contributed by atoms with van der Waals surface area (Å²) in [4.78, 5) is 27.4. The van der Waals surface area contributed by atoms with Crippen molar-refractivity contribution in [2.45, 2.75) is 12.5 Å². The molecule has 120 valence electrons. The molecule has 1 atom stereocenters. The zero-order valence-corrected chi connectivity index (χ0v) is 12.5. The smallest absolute Gasteiger partial charge is 0.252 e. The van der Waals surface area contributed by atoms with Crippen LogP contribution in [0.4, 0.5) is 8.78 Å². The van der Waals surface area contributed by atoms with Gasteiger partial charge in [-0.3, -0.25) is 9.59 Å². The van der Waals surface area contributed by atoms with Crippen LogP contribution in [0.15, 0.2) is 36.5 Å². The van der Waals surface area contributed by atoms with Crippen LogP contribution in [0.3, 0.4) is 0 Å². The summed E-state index contributed by atoms with van der Waals surface area (Å²) in [6.07, 6.45) is 1.54. The van der Waals surface area contributed by atoms with E-state index in [0.29, 0.717) is 5.56 Å². The highest BCUT2D eigenvalue weighted by atomic mass is 35.5. The zero-order valence-electron chi connectivity index (χ0n) is 11.7. The molecule has 0 aliphatic rings. The van der Waals surface area contributed by atoms with Gasteiger partial charge < -0.3 is 11.1 Å². The molecule has 0 radical (unpaired) electrons. The molecule has 3 N–H and O–H groups in total. The minimum Gasteiger partial charge on any atom is -0.368 e. The first-order chi connectivity index (χ1) is 10.9. The Labute approximate surface area is 135 Å². The molecule has 2 aromatic rings. The Hall–Kier alpha value is -2.54. The molecule has 5 nitrogen and oxygen atoms in total. The van der Waals surface area contributed by atoms with Crippen molar-refractivity contribution in [3.63, 3.8) is 0 Å². The molecule has 1 heterocycles. The lowest BCUT2D eigenvalue weighted by molar-refractivity contribution is -0.119. The summed E-state index contributed by atoms with van der Waals surface area (Å²) >= 11 is 5.66. The van der Waals surface area contributed by atoms with Gasteiger partial charge in [0.2, 0.25) is 5.91 Å². The lowest BCUT2D eigenvalue weighted by atomic mass is 10.1. The Kier molecular flexibility index (Phi) is 5.23. The summed E-state index contributed by atoms with van der Waals surface area (Å²) in [6, 6.07) is 4.81. The van der Waals surface area contributed by atoms with E-state index < -0.39 is 29.5 Å². The third kappa shape index (κ3) is 4.46. The number of hydrogen-bond acceptors (Lipinski definition) is 3. The molecule has 8 heteroatoms. The van der Waals surface area contributed by atoms with E-state index in [1.165, 1.54) is 12.3 Å². The van der Waals surface area contributed by atoms with Gasteiger partial charge in [0, 0.05) is 18.2 Å². The second-order valence-corrected chi connectivity index (χ2v) is 5.14. The van der Waals surface area contributed by atoms with Gasteiger partial charge in [0.15, 0.2) is 11.6 Å². The van der Waals surface area contributed by atoms with E-state index in [4.69, 9.17) is 17.3 Å². The highest BCUT2D eigenvalue weighted by Crippen LogP contribution is 2.10. The Bertz CT molecular complexity index is 738. The van der Waals surface area contributed by atoms with Crippen molar-refractivity contribution in [2.75, 3.05) is 0 Å². The standard InChI is InChI=1S/C15H12ClF2N3O2/c16-13-4-1-8(7-20-13)5-12(14(19)22)21-15(23)9-2-3-10(17)11(18)6-9/h1-4,6-7,12H,5H2,(H2,19,22)(H,21,23)/t12-/m0/s1. The number of nitrogens with zero attached hydrogens (tertiary/aromatic N) is 1. The largest absolute Gasteiger partial charge is 0.368 e. The zero-order chi connectivity index (χ0) is 17.0. The molecule has 0 fully saturated rings. The first kappa shape index (κ1) is 16.8. The number of benzene rings is 1. The lowest BCUT2D eigenvalue weighted by Crippen LogP contribution is -2.45. The summed E-state index contributed by atoms with van der Waals surface area (Å²) in [7, 11) is 0. The molecule has 23 heavy (non-hydrogen) atoms. The fourth-order valence-corrected chi connectivity index (χ4v) is 1.98. The molecule has 0 bridgehead atoms. The average Bonchev–Trinajstić information content (AvgIpc) is 2.51. The van der Waals surface area contributed by atoms with Crippen LogP contribution in [0, 0.1) is 11.6 Å². The third-order valence-corrected chi connectivity index (χ3v) is 3.28. The van der Waals surface area contributed by atoms with Gasteiger partial charge in [-0.25, -0.2) is 13.8 Å². The number of rotatable bonds is 5. The highest BCUT2D eigenvalue weighted by molar-refractivity contribution is 6.29. The van der Waals surface area contributed by atoms with Crippen molar-refractivity contribution in [3.8, 4) is 0 Å². The van der Waals surface area contributed by atoms with Gasteiger partial charge in [0.05, 0.1) is 0 Å². The van der Waals surface area contributed by atoms with Crippen LogP contribution < -0.4 is 11.1 Å². The topological polar surface area (TPSA) is 85.1 Å². The number of primary amides is 1. The average molecular weight is 340 g/mol. The second kappa shape index (κ2) is 7.15. The highest BCUT2D eigenvalue weighted by Gasteiger charge is 2.20. The van der Waals surface area contributed by atoms with Gasteiger partial charge in [0.25, 0.3) is 5.91 Å². The molecule has 0 spiro atoms. The minimum absolute atomic E-state index is 0.0922. The van der Waals surface area contributed by atoms with Gasteiger partial charge in [-0.15, -0.1) is 0 Å². The van der Waals surface area contributed by atoms with Crippen LogP contribution in [-0.4, -0.2) is 22.8 Å². The number of carbonyl (C=O) groups is 2. The van der Waals surface area contributed by atoms with Crippen LogP contribution >= 0.6 is 11.6 Å². The van der Waals surface area contributed by atoms with Gasteiger partial charge in [-0.2, -0.15) is 0 Å². The number of pyridine rings is 1. The summed E-state index contributed by atoms with van der Waals surface area (Å²) in [5, 5.41) is 2.67. The maximum Gasteiger partial charge on any atom is 0.252 e. The normalized spacial score (nSPS) is 11.8. The fourth-order valence-electron chi connectivity index (χ4n) is 1.86. The van der Waals surface area contributed by atoms with Crippen LogP contribution in [0.5, 0.6) is 0 Å². The number of nitrogens with one attached hydrogen (secondary N) is 1. The third-order valence-electron chi connectivity index (χ3n) is 3.06. The van der Waals surface area contributed by atoms with Gasteiger partial charge in [-0.05, 0) is 29.8 Å². The van der Waals surface area contributed by atoms with Gasteiger partial charge in [0.1, 0.15) is 11.2 Å². The Morgan fingerprint density at radius 2 is 1.96 bits per heavy atom. The summed E-state index contributed by atoms with van der Waals surface area (Å²) in [5.74, 6) is -3.74. The van der Waals surface area contributed by atoms with Crippen LogP contribution in [0.25, 0.3) is 0 Å². The first-order valence-electron chi connectivity index (χ1n) is 6.52. The van der Waals surface area contributed by atoms with Crippen molar-refractivity contribution in [3.05, 3.63) is 64.4 Å². The van der Waals surface area contributed by atoms with Crippen LogP contribution in [0.1, 0.15) is 15.9 Å². The molecule has 0 aliphatic heterocycles. The number of aromatic nitrogens is 1. The number of carbonyl (C=O) groups excluding carboxylic acids is 2. The Morgan fingerprint density at radius 3 is 2.52 bits per heavy atom. The summed E-state index contributed by atoms with van der Waals surface area (Å²) < 4.78 is 26.0. The van der Waals surface area contributed by atoms with Crippen LogP contribution in [-0.2, 0) is 11.2 Å². The van der Waals surface area contributed by atoms with E-state index >= 15 is 0 Å². The van der Waals surface area contributed by atoms with Crippen molar-refractivity contribution in [1.29, 1.82) is 0 Å². The number of halogens is 3. The summed E-state index contributed by atoms with van der Waals surface area (Å²) in [6.45, 7) is 0. The monoisotopic (exact) mass is 339 g/mol. The first-order valence-corrected chi connectivity index (χ1v) is 6.90. The second-order valence-electron chi connectivity index (χ2n) is 4.75. The molecular formula is C15H12ClF2N3O2. The van der Waals surface area contributed by atoms with E-state index in [0.717, 1.165) is 18.2 Å². The van der Waals surface area contributed by atoms with Gasteiger partial charge in [-0.1, -0.05) is 17.7 Å². The summed E-state index contributed by atoms with van der Waals surface area (Å²) in [5.41, 5.74) is 5.77. The van der Waals surface area contributed by atoms with Crippen molar-refractivity contribution < 1.29 is 18.4 Å². The molecule has 1 aromatic carbocycles. The quantitative estimate of drug-likeness (QED) is 0.815. The van der Waals surface area contributed by atoms with E-state index in [2.05, 4.69) is 10.3 Å². The van der Waals surface area contributed by atoms with E-state index in [1.54, 1.807) is 6.07 Å². The molecule has 0 saturated heterocycles. The minimum atomic E-state index is -1.16. The van der Waals surface area contributed by atoms with Crippen molar-refractivity contribution >= 4 is 23.4 Å². The van der Waals surface area contributed by atoms with Crippen molar-refractivity contribution in [1.82, 2.24) is 10.3 Å². The fraction of sp³-hybridized carbons (Fsp3) is 0.133. The predicted molar refractivity (Wildman–Crippen MR) is 79.8 cm³/mol. The molecule has 2 amide bonds. The number of nitrogens with two attached hydrogens (primary N) is 1. The number of amides is 2. The van der Waals surface area contributed by atoms with Crippen LogP contribution in [0.2, 0.25) is 5.15 Å².